The molecular formula is C8H9N3O. The third-order valence-electron chi connectivity index (χ3n) is 1.87. The number of nitrogens with two attached hydrogens (primary N) is 1. The third-order valence-corrected chi connectivity index (χ3v) is 1.87. The summed E-state index contributed by atoms with van der Waals surface area (Å²) >= 11 is 0. The average molecular weight is 163 g/mol. The van der Waals surface area contributed by atoms with E-state index in [-0.39, 0.29) is 0 Å². The van der Waals surface area contributed by atoms with Crippen molar-refractivity contribution in [2.24, 2.45) is 5.73 Å². The lowest BCUT2D eigenvalue weighted by atomic mass is 10.2. The van der Waals surface area contributed by atoms with Gasteiger partial charge in [0.1, 0.15) is 5.82 Å². The average Bonchev–Trinajstić information content (AvgIpc) is 2.49. The van der Waals surface area contributed by atoms with Gasteiger partial charge in [0.25, 0.3) is 5.91 Å². The van der Waals surface area contributed by atoms with Crippen LogP contribution in [0.15, 0.2) is 35.9 Å². The third kappa shape index (κ3) is 0.887. The van der Waals surface area contributed by atoms with Gasteiger partial charge in [0.15, 0.2) is 0 Å². The molecule has 0 spiro atoms. The summed E-state index contributed by atoms with van der Waals surface area (Å²) in [4.78, 5) is 12.8. The van der Waals surface area contributed by atoms with Crippen LogP contribution in [0.4, 0.5) is 0 Å². The topological polar surface area (TPSA) is 58.4 Å². The Bertz CT molecular complexity index is 314. The fourth-order valence-corrected chi connectivity index (χ4v) is 1.31. The Balaban J connectivity index is 2.41. The second kappa shape index (κ2) is 2.41. The van der Waals surface area contributed by atoms with Crippen LogP contribution in [0.25, 0.3) is 0 Å². The zero-order valence-electron chi connectivity index (χ0n) is 6.45. The lowest BCUT2D eigenvalue weighted by Crippen LogP contribution is -2.28. The van der Waals surface area contributed by atoms with Crippen LogP contribution in [0.1, 0.15) is 0 Å². The fourth-order valence-electron chi connectivity index (χ4n) is 1.31. The maximum atomic E-state index is 10.9. The number of hydrogen-bond donors (Lipinski definition) is 2. The molecule has 4 heteroatoms. The molecule has 0 fully saturated rings. The number of nitrogens with zero attached hydrogens (tertiary/aromatic N) is 1. The van der Waals surface area contributed by atoms with E-state index in [9.17, 15) is 4.79 Å². The van der Waals surface area contributed by atoms with Crippen LogP contribution < -0.4 is 11.1 Å². The van der Waals surface area contributed by atoms with Gasteiger partial charge in [0, 0.05) is 18.9 Å². The van der Waals surface area contributed by atoms with E-state index in [2.05, 4.69) is 5.32 Å². The first-order valence-electron chi connectivity index (χ1n) is 3.69. The second-order valence-electron chi connectivity index (χ2n) is 2.64. The molecule has 1 amide bonds. The molecule has 0 atom stereocenters. The number of carbonyl (C=O) groups excluding carboxylic acids is 1. The van der Waals surface area contributed by atoms with Crippen molar-refractivity contribution in [3.05, 3.63) is 35.9 Å². The van der Waals surface area contributed by atoms with Gasteiger partial charge in [-0.1, -0.05) is 6.08 Å². The van der Waals surface area contributed by atoms with E-state index in [4.69, 9.17) is 5.73 Å². The minimum absolute atomic E-state index is 0.401. The van der Waals surface area contributed by atoms with Crippen molar-refractivity contribution < 1.29 is 4.79 Å². The summed E-state index contributed by atoms with van der Waals surface area (Å²) < 4.78 is 0. The molecule has 0 aromatic carbocycles. The summed E-state index contributed by atoms with van der Waals surface area (Å²) in [6.45, 7) is 0.787. The van der Waals surface area contributed by atoms with Crippen LogP contribution in [0.3, 0.4) is 0 Å². The molecule has 12 heavy (non-hydrogen) atoms. The predicted octanol–water partition coefficient (Wildman–Crippen LogP) is -0.370. The first-order valence-corrected chi connectivity index (χ1v) is 3.69. The number of primary amides is 1. The Kier molecular flexibility index (Phi) is 1.40. The number of rotatable bonds is 1. The summed E-state index contributed by atoms with van der Waals surface area (Å²) in [5, 5.41) is 2.96. The van der Waals surface area contributed by atoms with Crippen molar-refractivity contribution in [3.8, 4) is 0 Å². The van der Waals surface area contributed by atoms with Crippen LogP contribution in [-0.4, -0.2) is 17.4 Å². The normalized spacial score (nSPS) is 19.5. The molecule has 0 unspecified atom stereocenters. The molecule has 4 nitrogen and oxygen atoms in total. The second-order valence-corrected chi connectivity index (χ2v) is 2.64. The van der Waals surface area contributed by atoms with Gasteiger partial charge in [0.05, 0.1) is 5.57 Å². The van der Waals surface area contributed by atoms with E-state index in [0.717, 1.165) is 12.4 Å². The fraction of sp³-hybridized carbons (Fsp3) is 0.125. The van der Waals surface area contributed by atoms with Crippen LogP contribution in [0.2, 0.25) is 0 Å². The van der Waals surface area contributed by atoms with E-state index in [1.807, 2.05) is 17.2 Å². The molecule has 0 saturated carbocycles. The SMILES string of the molecule is NC(=O)C1=C2NC=CN2CC=C1. The molecule has 2 rings (SSSR count). The smallest absolute Gasteiger partial charge is 0.252 e. The number of amides is 1. The van der Waals surface area contributed by atoms with Crippen molar-refractivity contribution in [2.45, 2.75) is 0 Å². The maximum Gasteiger partial charge on any atom is 0.252 e. The molecule has 0 aromatic rings. The molecule has 0 bridgehead atoms. The number of hydrogen-bond acceptors (Lipinski definition) is 3. The Hall–Kier alpha value is -1.71. The van der Waals surface area contributed by atoms with Gasteiger partial charge in [-0.2, -0.15) is 0 Å². The lowest BCUT2D eigenvalue weighted by Gasteiger charge is -2.20. The Morgan fingerprint density at radius 2 is 2.50 bits per heavy atom. The van der Waals surface area contributed by atoms with E-state index < -0.39 is 5.91 Å². The summed E-state index contributed by atoms with van der Waals surface area (Å²) in [6.07, 6.45) is 7.31. The molecule has 2 aliphatic rings. The maximum absolute atomic E-state index is 10.9. The molecular weight excluding hydrogens is 154 g/mol. The zero-order chi connectivity index (χ0) is 8.55. The minimum atomic E-state index is -0.401. The Labute approximate surface area is 70.0 Å². The van der Waals surface area contributed by atoms with E-state index in [0.29, 0.717) is 5.57 Å². The number of fused-ring (bicyclic) bond motifs is 1. The monoisotopic (exact) mass is 163 g/mol. The predicted molar refractivity (Wildman–Crippen MR) is 44.3 cm³/mol. The van der Waals surface area contributed by atoms with Gasteiger partial charge in [-0.3, -0.25) is 4.79 Å². The van der Waals surface area contributed by atoms with Crippen LogP contribution >= 0.6 is 0 Å². The van der Waals surface area contributed by atoms with Crippen LogP contribution in [-0.2, 0) is 4.79 Å². The molecule has 3 N–H and O–H groups in total. The summed E-state index contributed by atoms with van der Waals surface area (Å²) in [6, 6.07) is 0. The highest BCUT2D eigenvalue weighted by molar-refractivity contribution is 5.95. The van der Waals surface area contributed by atoms with Gasteiger partial charge in [-0.05, 0) is 6.08 Å². The summed E-state index contributed by atoms with van der Waals surface area (Å²) in [5.74, 6) is 0.382. The largest absolute Gasteiger partial charge is 0.365 e. The van der Waals surface area contributed by atoms with E-state index >= 15 is 0 Å². The van der Waals surface area contributed by atoms with Gasteiger partial charge in [-0.25, -0.2) is 0 Å². The molecule has 0 radical (unpaired) electrons. The van der Waals surface area contributed by atoms with Crippen molar-refractivity contribution in [2.75, 3.05) is 6.54 Å². The van der Waals surface area contributed by atoms with E-state index in [1.54, 1.807) is 12.3 Å². The van der Waals surface area contributed by atoms with Gasteiger partial charge in [-0.15, -0.1) is 0 Å². The van der Waals surface area contributed by atoms with Crippen LogP contribution in [0.5, 0.6) is 0 Å². The lowest BCUT2D eigenvalue weighted by molar-refractivity contribution is -0.114. The van der Waals surface area contributed by atoms with Gasteiger partial charge >= 0.3 is 0 Å². The Morgan fingerprint density at radius 3 is 3.25 bits per heavy atom. The van der Waals surface area contributed by atoms with Crippen LogP contribution in [0, 0.1) is 0 Å². The quantitative estimate of drug-likeness (QED) is 0.554. The molecule has 2 aliphatic heterocycles. The first-order chi connectivity index (χ1) is 5.79. The zero-order valence-corrected chi connectivity index (χ0v) is 6.45. The molecule has 62 valence electrons. The standard InChI is InChI=1S/C8H9N3O/c9-7(12)6-2-1-4-11-5-3-10-8(6)11/h1-3,5,10H,4H2,(H2,9,12). The molecule has 0 aromatic heterocycles. The van der Waals surface area contributed by atoms with Crippen molar-refractivity contribution in [3.63, 3.8) is 0 Å². The van der Waals surface area contributed by atoms with Gasteiger partial charge < -0.3 is 16.0 Å². The molecule has 0 saturated heterocycles. The molecule has 0 aliphatic carbocycles. The van der Waals surface area contributed by atoms with Gasteiger partial charge in [0.2, 0.25) is 0 Å². The highest BCUT2D eigenvalue weighted by Crippen LogP contribution is 2.18. The number of nitrogens with one attached hydrogen (secondary N) is 1. The summed E-state index contributed by atoms with van der Waals surface area (Å²) in [7, 11) is 0. The Morgan fingerprint density at radius 1 is 1.67 bits per heavy atom. The number of carbonyl (C=O) groups is 1. The first kappa shape index (κ1) is 6.97. The summed E-state index contributed by atoms with van der Waals surface area (Å²) in [5.41, 5.74) is 5.71. The van der Waals surface area contributed by atoms with Crippen molar-refractivity contribution in [1.82, 2.24) is 10.2 Å². The van der Waals surface area contributed by atoms with Crippen molar-refractivity contribution in [1.29, 1.82) is 0 Å². The molecule has 2 heterocycles. The highest BCUT2D eigenvalue weighted by Gasteiger charge is 2.20. The minimum Gasteiger partial charge on any atom is -0.365 e. The van der Waals surface area contributed by atoms with E-state index in [1.165, 1.54) is 0 Å². The van der Waals surface area contributed by atoms with Crippen molar-refractivity contribution >= 4 is 5.91 Å². The highest BCUT2D eigenvalue weighted by atomic mass is 16.1.